The molecular formula is C27H34N2O6. The van der Waals surface area contributed by atoms with Gasteiger partial charge >= 0.3 is 12.1 Å². The van der Waals surface area contributed by atoms with Crippen molar-refractivity contribution in [2.75, 3.05) is 13.7 Å². The zero-order valence-corrected chi connectivity index (χ0v) is 20.8. The van der Waals surface area contributed by atoms with E-state index >= 15 is 0 Å². The molecule has 1 aliphatic rings. The van der Waals surface area contributed by atoms with Crippen molar-refractivity contribution in [3.05, 3.63) is 59.7 Å². The topological polar surface area (TPSA) is 114 Å². The molecule has 0 bridgehead atoms. The first kappa shape index (κ1) is 26.2. The largest absolute Gasteiger partial charge is 0.480 e. The van der Waals surface area contributed by atoms with E-state index in [4.69, 9.17) is 9.47 Å². The molecule has 2 amide bonds. The third-order valence-electron chi connectivity index (χ3n) is 6.17. The molecule has 2 aromatic rings. The molecule has 3 N–H and O–H groups in total. The number of carbonyl (C=O) groups excluding carboxylic acids is 2. The molecular weight excluding hydrogens is 448 g/mol. The van der Waals surface area contributed by atoms with Crippen molar-refractivity contribution in [1.29, 1.82) is 0 Å². The highest BCUT2D eigenvalue weighted by atomic mass is 16.5. The lowest BCUT2D eigenvalue weighted by Crippen LogP contribution is -2.55. The normalized spacial score (nSPS) is 15.3. The van der Waals surface area contributed by atoms with E-state index in [-0.39, 0.29) is 24.4 Å². The number of rotatable bonds is 9. The fraction of sp³-hybridized carbons (Fsp3) is 0.444. The minimum absolute atomic E-state index is 0.109. The highest BCUT2D eigenvalue weighted by molar-refractivity contribution is 5.89. The summed E-state index contributed by atoms with van der Waals surface area (Å²) in [5.41, 5.74) is 4.10. The van der Waals surface area contributed by atoms with Gasteiger partial charge in [-0.3, -0.25) is 4.79 Å². The van der Waals surface area contributed by atoms with Crippen molar-refractivity contribution in [3.63, 3.8) is 0 Å². The number of benzene rings is 2. The molecule has 8 heteroatoms. The maximum absolute atomic E-state index is 13.0. The lowest BCUT2D eigenvalue weighted by atomic mass is 9.87. The number of hydrogen-bond acceptors (Lipinski definition) is 5. The molecule has 0 radical (unpaired) electrons. The van der Waals surface area contributed by atoms with Crippen molar-refractivity contribution in [2.24, 2.45) is 5.41 Å². The average Bonchev–Trinajstić information content (AvgIpc) is 3.12. The molecule has 2 aromatic carbocycles. The van der Waals surface area contributed by atoms with Gasteiger partial charge in [-0.25, -0.2) is 9.59 Å². The van der Waals surface area contributed by atoms with Gasteiger partial charge in [-0.1, -0.05) is 69.3 Å². The second-order valence-electron chi connectivity index (χ2n) is 10.1. The SMILES string of the molecule is CO[C@H](C)[C@H](NC(=O)C(CC(C)(C)C)NC(=O)OCC1c2ccccc2-c2ccccc21)C(=O)O. The molecule has 1 unspecified atom stereocenters. The van der Waals surface area contributed by atoms with Crippen molar-refractivity contribution in [2.45, 2.75) is 58.2 Å². The first-order valence-corrected chi connectivity index (χ1v) is 11.7. The number of fused-ring (bicyclic) bond motifs is 3. The summed E-state index contributed by atoms with van der Waals surface area (Å²) < 4.78 is 10.7. The van der Waals surface area contributed by atoms with E-state index in [1.54, 1.807) is 6.92 Å². The summed E-state index contributed by atoms with van der Waals surface area (Å²) in [6, 6.07) is 13.8. The fourth-order valence-corrected chi connectivity index (χ4v) is 4.37. The number of carboxylic acid groups (broad SMARTS) is 1. The van der Waals surface area contributed by atoms with E-state index < -0.39 is 36.2 Å². The lowest BCUT2D eigenvalue weighted by molar-refractivity contribution is -0.145. The first-order chi connectivity index (χ1) is 16.5. The summed E-state index contributed by atoms with van der Waals surface area (Å²) >= 11 is 0. The van der Waals surface area contributed by atoms with Gasteiger partial charge in [0.25, 0.3) is 0 Å². The second kappa shape index (κ2) is 10.9. The van der Waals surface area contributed by atoms with E-state index in [1.807, 2.05) is 57.2 Å². The van der Waals surface area contributed by atoms with Crippen molar-refractivity contribution >= 4 is 18.0 Å². The van der Waals surface area contributed by atoms with Crippen LogP contribution >= 0.6 is 0 Å². The Morgan fingerprint density at radius 1 is 0.971 bits per heavy atom. The third-order valence-corrected chi connectivity index (χ3v) is 6.17. The summed E-state index contributed by atoms with van der Waals surface area (Å²) in [6.45, 7) is 7.45. The molecule has 0 saturated heterocycles. The van der Waals surface area contributed by atoms with E-state index in [9.17, 15) is 19.5 Å². The van der Waals surface area contributed by atoms with E-state index in [0.717, 1.165) is 22.3 Å². The molecule has 0 aromatic heterocycles. The standard InChI is InChI=1S/C27H34N2O6/c1-16(34-5)23(25(31)32)29-24(30)22(14-27(2,3)4)28-26(33)35-15-21-19-12-8-6-10-17(19)18-11-7-9-13-20(18)21/h6-13,16,21-23H,14-15H2,1-5H3,(H,28,33)(H,29,30)(H,31,32)/t16-,22?,23+/m1/s1. The van der Waals surface area contributed by atoms with Crippen LogP contribution in [0.25, 0.3) is 11.1 Å². The van der Waals surface area contributed by atoms with Gasteiger partial charge in [0.1, 0.15) is 12.6 Å². The lowest BCUT2D eigenvalue weighted by Gasteiger charge is -2.28. The number of alkyl carbamates (subject to hydrolysis) is 1. The summed E-state index contributed by atoms with van der Waals surface area (Å²) in [6.07, 6.45) is -1.19. The van der Waals surface area contributed by atoms with Gasteiger partial charge < -0.3 is 25.2 Å². The minimum Gasteiger partial charge on any atom is -0.480 e. The first-order valence-electron chi connectivity index (χ1n) is 11.7. The Kier molecular flexibility index (Phi) is 8.17. The van der Waals surface area contributed by atoms with Crippen LogP contribution in [-0.2, 0) is 19.1 Å². The van der Waals surface area contributed by atoms with Crippen LogP contribution in [0.3, 0.4) is 0 Å². The second-order valence-corrected chi connectivity index (χ2v) is 10.1. The third kappa shape index (κ3) is 6.39. The molecule has 0 fully saturated rings. The van der Waals surface area contributed by atoms with Gasteiger partial charge in [0.15, 0.2) is 6.04 Å². The molecule has 0 heterocycles. The summed E-state index contributed by atoms with van der Waals surface area (Å²) in [5, 5.41) is 14.6. The Bertz CT molecular complexity index is 1030. The number of nitrogens with one attached hydrogen (secondary N) is 2. The van der Waals surface area contributed by atoms with Crippen LogP contribution in [0.1, 0.15) is 51.2 Å². The Morgan fingerprint density at radius 2 is 1.51 bits per heavy atom. The van der Waals surface area contributed by atoms with Gasteiger partial charge in [0.2, 0.25) is 5.91 Å². The van der Waals surface area contributed by atoms with Crippen molar-refractivity contribution in [1.82, 2.24) is 10.6 Å². The van der Waals surface area contributed by atoms with E-state index in [1.165, 1.54) is 7.11 Å². The summed E-state index contributed by atoms with van der Waals surface area (Å²) in [7, 11) is 1.37. The van der Waals surface area contributed by atoms with Crippen LogP contribution < -0.4 is 10.6 Å². The fourth-order valence-electron chi connectivity index (χ4n) is 4.37. The quantitative estimate of drug-likeness (QED) is 0.499. The smallest absolute Gasteiger partial charge is 0.407 e. The van der Waals surface area contributed by atoms with Crippen LogP contribution in [0.4, 0.5) is 4.79 Å². The zero-order valence-electron chi connectivity index (χ0n) is 20.8. The van der Waals surface area contributed by atoms with Crippen LogP contribution in [0.15, 0.2) is 48.5 Å². The Balaban J connectivity index is 1.70. The Hall–Kier alpha value is -3.39. The monoisotopic (exact) mass is 482 g/mol. The Morgan fingerprint density at radius 3 is 2.00 bits per heavy atom. The Labute approximate surface area is 206 Å². The molecule has 0 spiro atoms. The zero-order chi connectivity index (χ0) is 25.8. The molecule has 35 heavy (non-hydrogen) atoms. The van der Waals surface area contributed by atoms with Crippen LogP contribution in [0, 0.1) is 5.41 Å². The highest BCUT2D eigenvalue weighted by Crippen LogP contribution is 2.44. The molecule has 188 valence electrons. The van der Waals surface area contributed by atoms with E-state index in [0.29, 0.717) is 0 Å². The van der Waals surface area contributed by atoms with Crippen LogP contribution in [0.5, 0.6) is 0 Å². The van der Waals surface area contributed by atoms with Gasteiger partial charge in [-0.15, -0.1) is 0 Å². The number of aliphatic carboxylic acids is 1. The average molecular weight is 483 g/mol. The molecule has 0 saturated carbocycles. The number of hydrogen-bond donors (Lipinski definition) is 3. The minimum atomic E-state index is -1.25. The maximum atomic E-state index is 13.0. The highest BCUT2D eigenvalue weighted by Gasteiger charge is 2.34. The molecule has 1 aliphatic carbocycles. The molecule has 0 aliphatic heterocycles. The number of methoxy groups -OCH3 is 1. The summed E-state index contributed by atoms with van der Waals surface area (Å²) in [4.78, 5) is 37.4. The van der Waals surface area contributed by atoms with Gasteiger partial charge in [-0.2, -0.15) is 0 Å². The van der Waals surface area contributed by atoms with Gasteiger partial charge in [0, 0.05) is 13.0 Å². The number of ether oxygens (including phenoxy) is 2. The maximum Gasteiger partial charge on any atom is 0.407 e. The molecule has 3 atom stereocenters. The van der Waals surface area contributed by atoms with Crippen molar-refractivity contribution < 1.29 is 29.0 Å². The predicted molar refractivity (Wildman–Crippen MR) is 132 cm³/mol. The van der Waals surface area contributed by atoms with Crippen LogP contribution in [-0.4, -0.2) is 55.0 Å². The van der Waals surface area contributed by atoms with Gasteiger partial charge in [-0.05, 0) is 41.0 Å². The number of amides is 2. The molecule has 8 nitrogen and oxygen atoms in total. The van der Waals surface area contributed by atoms with Gasteiger partial charge in [0.05, 0.1) is 6.10 Å². The van der Waals surface area contributed by atoms with Crippen LogP contribution in [0.2, 0.25) is 0 Å². The van der Waals surface area contributed by atoms with Crippen molar-refractivity contribution in [3.8, 4) is 11.1 Å². The molecule has 3 rings (SSSR count). The van der Waals surface area contributed by atoms with E-state index in [2.05, 4.69) is 22.8 Å². The predicted octanol–water partition coefficient (Wildman–Crippen LogP) is 3.93. The number of carbonyl (C=O) groups is 3. The summed E-state index contributed by atoms with van der Waals surface area (Å²) in [5.74, 6) is -1.94. The number of carboxylic acids is 1.